The maximum atomic E-state index is 11.8. The number of hydrogen-bond donors (Lipinski definition) is 1. The van der Waals surface area contributed by atoms with Gasteiger partial charge in [-0.3, -0.25) is 9.59 Å². The lowest BCUT2D eigenvalue weighted by Crippen LogP contribution is -2.29. The molecule has 1 N–H and O–H groups in total. The highest BCUT2D eigenvalue weighted by Crippen LogP contribution is 2.39. The van der Waals surface area contributed by atoms with Gasteiger partial charge in [0, 0.05) is 42.2 Å². The number of likely N-dealkylation sites (N-methyl/N-ethyl adjacent to an activating group) is 1. The number of carbonyl (C=O) groups is 2. The molecule has 2 unspecified atom stereocenters. The van der Waals surface area contributed by atoms with Gasteiger partial charge in [-0.05, 0) is 72.9 Å². The third-order valence-electron chi connectivity index (χ3n) is 7.01. The molecule has 1 aromatic carbocycles. The number of halogens is 2. The minimum Gasteiger partial charge on any atom is -0.469 e. The third-order valence-corrected chi connectivity index (χ3v) is 7.84. The number of rotatable bonds is 11. The molecule has 3 rings (SSSR count). The summed E-state index contributed by atoms with van der Waals surface area (Å²) < 4.78 is 4.84. The van der Waals surface area contributed by atoms with Crippen molar-refractivity contribution in [2.75, 3.05) is 20.7 Å². The van der Waals surface area contributed by atoms with Crippen molar-refractivity contribution < 1.29 is 14.3 Å². The van der Waals surface area contributed by atoms with Crippen molar-refractivity contribution in [2.45, 2.75) is 51.5 Å². The number of nitrogens with zero attached hydrogens (tertiary/aromatic N) is 2. The Balaban J connectivity index is 1.78. The Labute approximate surface area is 217 Å². The van der Waals surface area contributed by atoms with E-state index in [4.69, 9.17) is 27.9 Å². The highest BCUT2D eigenvalue weighted by molar-refractivity contribution is 6.36. The van der Waals surface area contributed by atoms with Crippen LogP contribution in [0.5, 0.6) is 0 Å². The van der Waals surface area contributed by atoms with E-state index in [1.165, 1.54) is 12.7 Å². The van der Waals surface area contributed by atoms with Gasteiger partial charge in [0.15, 0.2) is 0 Å². The van der Waals surface area contributed by atoms with E-state index in [0.29, 0.717) is 48.7 Å². The lowest BCUT2D eigenvalue weighted by molar-refractivity contribution is -0.141. The summed E-state index contributed by atoms with van der Waals surface area (Å²) in [5.41, 5.74) is 5.91. The zero-order valence-corrected chi connectivity index (χ0v) is 21.9. The van der Waals surface area contributed by atoms with Crippen LogP contribution in [0.15, 0.2) is 46.7 Å². The number of esters is 1. The Morgan fingerprint density at radius 3 is 2.83 bits per heavy atom. The number of aryl methyl sites for hydroxylation is 1. The molecule has 0 fully saturated rings. The van der Waals surface area contributed by atoms with Crippen molar-refractivity contribution in [1.82, 2.24) is 10.2 Å². The Morgan fingerprint density at radius 1 is 1.37 bits per heavy atom. The van der Waals surface area contributed by atoms with E-state index in [9.17, 15) is 14.9 Å². The fourth-order valence-electron chi connectivity index (χ4n) is 4.83. The van der Waals surface area contributed by atoms with E-state index < -0.39 is 0 Å². The van der Waals surface area contributed by atoms with Crippen molar-refractivity contribution in [3.8, 4) is 6.07 Å². The summed E-state index contributed by atoms with van der Waals surface area (Å²) in [7, 11) is 3.45. The molecule has 1 amide bonds. The smallest absolute Gasteiger partial charge is 0.305 e. The Bertz CT molecular complexity index is 1120. The molecule has 2 atom stereocenters. The average Bonchev–Trinajstić information content (AvgIpc) is 3.17. The molecule has 6 nitrogen and oxygen atoms in total. The number of nitrogens with one attached hydrogen (secondary N) is 1. The minimum atomic E-state index is -0.264. The fourth-order valence-corrected chi connectivity index (χ4v) is 5.43. The SMILES string of the molecule is COC(=O)CC(CCNC=O)CCc1ccc(Cl)c(CC2=CC3=C(C)C(C#N)=CCC3N2C)c1Cl. The van der Waals surface area contributed by atoms with Gasteiger partial charge in [-0.2, -0.15) is 5.26 Å². The molecule has 0 aromatic heterocycles. The number of allylic oxidation sites excluding steroid dienone is 3. The second kappa shape index (κ2) is 12.3. The number of amides is 1. The van der Waals surface area contributed by atoms with Gasteiger partial charge >= 0.3 is 5.97 Å². The summed E-state index contributed by atoms with van der Waals surface area (Å²) in [5.74, 6) is -0.200. The van der Waals surface area contributed by atoms with Crippen LogP contribution in [0.1, 0.15) is 43.7 Å². The van der Waals surface area contributed by atoms with Gasteiger partial charge in [0.25, 0.3) is 0 Å². The molecule has 0 saturated heterocycles. The van der Waals surface area contributed by atoms with Crippen LogP contribution in [0.25, 0.3) is 0 Å². The van der Waals surface area contributed by atoms with E-state index in [2.05, 4.69) is 29.4 Å². The number of nitriles is 1. The maximum Gasteiger partial charge on any atom is 0.305 e. The molecule has 1 aliphatic carbocycles. The number of carbonyl (C=O) groups excluding carboxylic acids is 2. The van der Waals surface area contributed by atoms with Gasteiger partial charge in [-0.25, -0.2) is 0 Å². The molecule has 2 aliphatic rings. The highest BCUT2D eigenvalue weighted by Gasteiger charge is 2.31. The van der Waals surface area contributed by atoms with Gasteiger partial charge in [0.1, 0.15) is 0 Å². The standard InChI is InChI=1S/C27H31Cl2N3O3/c1-17-20(15-30)7-9-25-22(17)13-21(32(25)2)14-23-24(28)8-6-19(27(23)29)5-4-18(10-11-31-16-33)12-26(34)35-3/h6-8,13,16,18,25H,4-5,9-12,14H2,1-3H3,(H,31,33). The van der Waals surface area contributed by atoms with Gasteiger partial charge in [0.2, 0.25) is 6.41 Å². The molecular formula is C27H31Cl2N3O3. The lowest BCUT2D eigenvalue weighted by atomic mass is 9.90. The Morgan fingerprint density at radius 2 is 2.14 bits per heavy atom. The molecule has 186 valence electrons. The van der Waals surface area contributed by atoms with E-state index in [-0.39, 0.29) is 17.9 Å². The van der Waals surface area contributed by atoms with Crippen molar-refractivity contribution in [2.24, 2.45) is 5.92 Å². The largest absolute Gasteiger partial charge is 0.469 e. The number of fused-ring (bicyclic) bond motifs is 1. The van der Waals surface area contributed by atoms with Crippen LogP contribution in [0.3, 0.4) is 0 Å². The third kappa shape index (κ3) is 6.28. The predicted molar refractivity (Wildman–Crippen MR) is 138 cm³/mol. The van der Waals surface area contributed by atoms with Gasteiger partial charge in [0.05, 0.1) is 24.8 Å². The Kier molecular flexibility index (Phi) is 9.42. The van der Waals surface area contributed by atoms with E-state index in [1.807, 2.05) is 25.1 Å². The number of methoxy groups -OCH3 is 1. The fraction of sp³-hybridized carbons (Fsp3) is 0.444. The second-order valence-electron chi connectivity index (χ2n) is 9.03. The number of hydrogen-bond acceptors (Lipinski definition) is 5. The zero-order valence-electron chi connectivity index (χ0n) is 20.4. The topological polar surface area (TPSA) is 82.4 Å². The summed E-state index contributed by atoms with van der Waals surface area (Å²) in [6.07, 6.45) is 8.61. The summed E-state index contributed by atoms with van der Waals surface area (Å²) in [4.78, 5) is 24.7. The molecule has 1 aromatic rings. The van der Waals surface area contributed by atoms with Crippen molar-refractivity contribution >= 4 is 35.6 Å². The summed E-state index contributed by atoms with van der Waals surface area (Å²) >= 11 is 13.5. The van der Waals surface area contributed by atoms with Crippen LogP contribution in [-0.2, 0) is 27.2 Å². The van der Waals surface area contributed by atoms with Crippen LogP contribution in [0.2, 0.25) is 10.0 Å². The first kappa shape index (κ1) is 26.8. The van der Waals surface area contributed by atoms with E-state index >= 15 is 0 Å². The van der Waals surface area contributed by atoms with E-state index in [0.717, 1.165) is 40.8 Å². The Hall–Kier alpha value is -2.75. The van der Waals surface area contributed by atoms with Crippen molar-refractivity contribution in [3.05, 3.63) is 67.9 Å². The van der Waals surface area contributed by atoms with Crippen molar-refractivity contribution in [3.63, 3.8) is 0 Å². The molecule has 8 heteroatoms. The zero-order chi connectivity index (χ0) is 25.5. The summed E-state index contributed by atoms with van der Waals surface area (Å²) in [6.45, 7) is 2.50. The van der Waals surface area contributed by atoms with Gasteiger partial charge < -0.3 is 15.0 Å². The number of ether oxygens (including phenoxy) is 1. The first-order chi connectivity index (χ1) is 16.8. The maximum absolute atomic E-state index is 11.8. The van der Waals surface area contributed by atoms with Crippen LogP contribution in [0, 0.1) is 17.2 Å². The molecule has 0 bridgehead atoms. The monoisotopic (exact) mass is 515 g/mol. The van der Waals surface area contributed by atoms with Crippen LogP contribution in [-0.4, -0.2) is 44.0 Å². The van der Waals surface area contributed by atoms with Crippen LogP contribution in [0.4, 0.5) is 0 Å². The molecule has 0 radical (unpaired) electrons. The molecular weight excluding hydrogens is 485 g/mol. The van der Waals surface area contributed by atoms with Crippen LogP contribution < -0.4 is 5.32 Å². The first-order valence-corrected chi connectivity index (χ1v) is 12.5. The molecule has 0 spiro atoms. The van der Waals surface area contributed by atoms with Crippen molar-refractivity contribution in [1.29, 1.82) is 5.26 Å². The molecule has 1 aliphatic heterocycles. The summed E-state index contributed by atoms with van der Waals surface area (Å²) in [6, 6.07) is 6.33. The van der Waals surface area contributed by atoms with Crippen LogP contribution >= 0.6 is 23.2 Å². The summed E-state index contributed by atoms with van der Waals surface area (Å²) in [5, 5.41) is 13.3. The average molecular weight is 516 g/mol. The van der Waals surface area contributed by atoms with E-state index in [1.54, 1.807) is 0 Å². The highest BCUT2D eigenvalue weighted by atomic mass is 35.5. The normalized spacial score (nSPS) is 17.8. The van der Waals surface area contributed by atoms with Gasteiger partial charge in [-0.1, -0.05) is 35.3 Å². The first-order valence-electron chi connectivity index (χ1n) is 11.7. The molecule has 1 heterocycles. The lowest BCUT2D eigenvalue weighted by Gasteiger charge is -2.28. The number of benzene rings is 1. The quantitative estimate of drug-likeness (QED) is 0.250. The molecule has 35 heavy (non-hydrogen) atoms. The second-order valence-corrected chi connectivity index (χ2v) is 9.81. The van der Waals surface area contributed by atoms with Gasteiger partial charge in [-0.15, -0.1) is 0 Å². The predicted octanol–water partition coefficient (Wildman–Crippen LogP) is 5.15. The minimum absolute atomic E-state index is 0.0636. The molecule has 0 saturated carbocycles.